The number of phenolic OH excluding ortho intramolecular Hbond substituents is 2. The normalized spacial score (nSPS) is 23.6. The third-order valence-corrected chi connectivity index (χ3v) is 7.02. The van der Waals surface area contributed by atoms with Crippen LogP contribution >= 0.6 is 0 Å². The minimum atomic E-state index is -0.716. The van der Waals surface area contributed by atoms with E-state index in [-0.39, 0.29) is 39.5 Å². The van der Waals surface area contributed by atoms with Gasteiger partial charge in [0, 0.05) is 61.8 Å². The molecule has 8 nitrogen and oxygen atoms in total. The number of hydrogen-bond donors (Lipinski definition) is 4. The van der Waals surface area contributed by atoms with Crippen LogP contribution in [0.1, 0.15) is 44.1 Å². The van der Waals surface area contributed by atoms with Crippen molar-refractivity contribution >= 4 is 22.8 Å². The monoisotopic (exact) mass is 464 g/mol. The molecule has 5 rings (SSSR count). The molecule has 2 fully saturated rings. The van der Waals surface area contributed by atoms with Gasteiger partial charge in [0.1, 0.15) is 23.0 Å². The highest BCUT2D eigenvalue weighted by molar-refractivity contribution is 6.42. The summed E-state index contributed by atoms with van der Waals surface area (Å²) in [5.74, 6) is -2.85. The maximum absolute atomic E-state index is 13.0. The quantitative estimate of drug-likeness (QED) is 0.501. The van der Waals surface area contributed by atoms with E-state index in [2.05, 4.69) is 0 Å². The Morgan fingerprint density at radius 3 is 1.74 bits per heavy atom. The van der Waals surface area contributed by atoms with Crippen molar-refractivity contribution in [1.29, 1.82) is 0 Å². The van der Waals surface area contributed by atoms with E-state index in [0.29, 0.717) is 11.4 Å². The third kappa shape index (κ3) is 3.63. The summed E-state index contributed by atoms with van der Waals surface area (Å²) in [5, 5.41) is 42.5. The first kappa shape index (κ1) is 22.1. The number of allylic oxidation sites excluding steroid dienone is 5. The van der Waals surface area contributed by atoms with E-state index in [1.54, 1.807) is 0 Å². The summed E-state index contributed by atoms with van der Waals surface area (Å²) >= 11 is 0. The molecule has 1 aromatic rings. The van der Waals surface area contributed by atoms with Gasteiger partial charge < -0.3 is 30.2 Å². The van der Waals surface area contributed by atoms with E-state index in [0.717, 1.165) is 64.7 Å². The standard InChI is InChI=1S/C26H28N2O6/c29-17-11-15(27-7-3-1-4-8-27)12-18(30)21(17)23-25(33)24(26(23)34)22-19(31)13-16(14-20(22)32)28-9-5-2-6-10-28/h11-14,29-31,33H,1-10H2. The number of aliphatic hydroxyl groups is 2. The number of likely N-dealkylation sites (tertiary alicyclic amines) is 1. The summed E-state index contributed by atoms with van der Waals surface area (Å²) in [7, 11) is 0. The molecule has 34 heavy (non-hydrogen) atoms. The van der Waals surface area contributed by atoms with Gasteiger partial charge in [0.2, 0.25) is 5.78 Å². The SMILES string of the molecule is O=C1C=C(N2CCCCC2)C=C(O)C1=C1C(=O)C(c2c(O)cc(N3CCCCC3)cc2O)=C1O. The Hall–Kier alpha value is -3.68. The molecule has 0 aromatic heterocycles. The van der Waals surface area contributed by atoms with Crippen molar-refractivity contribution in [3.63, 3.8) is 0 Å². The topological polar surface area (TPSA) is 122 Å². The molecule has 0 amide bonds. The van der Waals surface area contributed by atoms with Crippen LogP contribution < -0.4 is 4.90 Å². The second kappa shape index (κ2) is 8.59. The first-order chi connectivity index (χ1) is 16.4. The lowest BCUT2D eigenvalue weighted by molar-refractivity contribution is -0.114. The number of carbonyl (C=O) groups excluding carboxylic acids is 2. The smallest absolute Gasteiger partial charge is 0.202 e. The average molecular weight is 465 g/mol. The van der Waals surface area contributed by atoms with Gasteiger partial charge in [-0.2, -0.15) is 0 Å². The number of aromatic hydroxyl groups is 2. The largest absolute Gasteiger partial charge is 0.507 e. The molecule has 8 heteroatoms. The molecule has 2 aliphatic heterocycles. The summed E-state index contributed by atoms with van der Waals surface area (Å²) in [4.78, 5) is 29.9. The van der Waals surface area contributed by atoms with Gasteiger partial charge in [-0.1, -0.05) is 0 Å². The van der Waals surface area contributed by atoms with E-state index in [1.165, 1.54) is 24.3 Å². The zero-order valence-electron chi connectivity index (χ0n) is 18.9. The van der Waals surface area contributed by atoms with Gasteiger partial charge in [0.15, 0.2) is 5.78 Å². The first-order valence-corrected chi connectivity index (χ1v) is 11.8. The fourth-order valence-electron chi connectivity index (χ4n) is 5.23. The number of piperidine rings is 2. The van der Waals surface area contributed by atoms with E-state index < -0.39 is 17.3 Å². The highest BCUT2D eigenvalue weighted by atomic mass is 16.3. The molecule has 0 spiro atoms. The molecule has 2 aliphatic carbocycles. The van der Waals surface area contributed by atoms with Crippen LogP contribution in [0.25, 0.3) is 5.57 Å². The predicted molar refractivity (Wildman–Crippen MR) is 127 cm³/mol. The van der Waals surface area contributed by atoms with Gasteiger partial charge in [-0.25, -0.2) is 0 Å². The fourth-order valence-corrected chi connectivity index (χ4v) is 5.23. The molecule has 0 bridgehead atoms. The lowest BCUT2D eigenvalue weighted by atomic mass is 9.78. The molecular weight excluding hydrogens is 436 g/mol. The Balaban J connectivity index is 1.48. The molecule has 2 saturated heterocycles. The molecule has 4 N–H and O–H groups in total. The van der Waals surface area contributed by atoms with Crippen LogP contribution in [0.4, 0.5) is 5.69 Å². The molecule has 0 unspecified atom stereocenters. The summed E-state index contributed by atoms with van der Waals surface area (Å²) in [5.41, 5.74) is 0.212. The fraction of sp³-hybridized carbons (Fsp3) is 0.385. The Labute approximate surface area is 197 Å². The van der Waals surface area contributed by atoms with Gasteiger partial charge in [0.05, 0.1) is 22.3 Å². The second-order valence-corrected chi connectivity index (χ2v) is 9.22. The van der Waals surface area contributed by atoms with Gasteiger partial charge in [-0.3, -0.25) is 9.59 Å². The number of aliphatic hydroxyl groups excluding tert-OH is 2. The van der Waals surface area contributed by atoms with E-state index >= 15 is 0 Å². The number of ketones is 2. The number of phenols is 2. The number of nitrogens with zero attached hydrogens (tertiary/aromatic N) is 2. The Morgan fingerprint density at radius 1 is 0.647 bits per heavy atom. The van der Waals surface area contributed by atoms with Gasteiger partial charge in [0.25, 0.3) is 0 Å². The number of hydrogen-bond acceptors (Lipinski definition) is 8. The highest BCUT2D eigenvalue weighted by Crippen LogP contribution is 2.47. The zero-order chi connectivity index (χ0) is 24.0. The number of anilines is 1. The Bertz CT molecular complexity index is 1170. The molecule has 0 saturated carbocycles. The van der Waals surface area contributed by atoms with Gasteiger partial charge in [-0.15, -0.1) is 0 Å². The lowest BCUT2D eigenvalue weighted by Gasteiger charge is -2.32. The van der Waals surface area contributed by atoms with Crippen molar-refractivity contribution in [2.45, 2.75) is 38.5 Å². The summed E-state index contributed by atoms with van der Waals surface area (Å²) in [6, 6.07) is 2.94. The summed E-state index contributed by atoms with van der Waals surface area (Å²) in [6.07, 6.45) is 9.11. The number of Topliss-reactive ketones (excluding diaryl/α,β-unsaturated/α-hetero) is 1. The second-order valence-electron chi connectivity index (χ2n) is 9.22. The molecule has 2 heterocycles. The molecular formula is C26H28N2O6. The van der Waals surface area contributed by atoms with Crippen LogP contribution in [0.15, 0.2) is 52.6 Å². The van der Waals surface area contributed by atoms with E-state index in [1.807, 2.05) is 9.80 Å². The molecule has 0 radical (unpaired) electrons. The average Bonchev–Trinajstić information content (AvgIpc) is 2.84. The summed E-state index contributed by atoms with van der Waals surface area (Å²) < 4.78 is 0. The first-order valence-electron chi connectivity index (χ1n) is 11.8. The predicted octanol–water partition coefficient (Wildman–Crippen LogP) is 3.63. The number of carbonyl (C=O) groups is 2. The molecule has 0 atom stereocenters. The number of rotatable bonds is 3. The van der Waals surface area contributed by atoms with Crippen LogP contribution in [0.2, 0.25) is 0 Å². The maximum Gasteiger partial charge on any atom is 0.202 e. The zero-order valence-corrected chi connectivity index (χ0v) is 18.9. The maximum atomic E-state index is 13.0. The van der Waals surface area contributed by atoms with E-state index in [4.69, 9.17) is 0 Å². The van der Waals surface area contributed by atoms with Crippen molar-refractivity contribution in [3.05, 3.63) is 58.2 Å². The van der Waals surface area contributed by atoms with Crippen molar-refractivity contribution < 1.29 is 30.0 Å². The van der Waals surface area contributed by atoms with Crippen molar-refractivity contribution in [2.24, 2.45) is 0 Å². The molecule has 1 aromatic carbocycles. The van der Waals surface area contributed by atoms with Gasteiger partial charge >= 0.3 is 0 Å². The van der Waals surface area contributed by atoms with Crippen molar-refractivity contribution in [2.75, 3.05) is 31.1 Å². The van der Waals surface area contributed by atoms with Crippen LogP contribution in [0.3, 0.4) is 0 Å². The Morgan fingerprint density at radius 2 is 1.21 bits per heavy atom. The summed E-state index contributed by atoms with van der Waals surface area (Å²) in [6.45, 7) is 3.19. The van der Waals surface area contributed by atoms with Crippen LogP contribution in [-0.4, -0.2) is 63.1 Å². The van der Waals surface area contributed by atoms with Crippen molar-refractivity contribution in [3.8, 4) is 11.5 Å². The van der Waals surface area contributed by atoms with Gasteiger partial charge in [-0.05, 0) is 38.5 Å². The minimum absolute atomic E-state index is 0.177. The lowest BCUT2D eigenvalue weighted by Crippen LogP contribution is -2.32. The van der Waals surface area contributed by atoms with Crippen LogP contribution in [0, 0.1) is 0 Å². The Kier molecular flexibility index (Phi) is 5.59. The third-order valence-electron chi connectivity index (χ3n) is 7.02. The van der Waals surface area contributed by atoms with E-state index in [9.17, 15) is 30.0 Å². The minimum Gasteiger partial charge on any atom is -0.507 e. The van der Waals surface area contributed by atoms with Crippen LogP contribution in [-0.2, 0) is 9.59 Å². The van der Waals surface area contributed by atoms with Crippen molar-refractivity contribution in [1.82, 2.24) is 4.90 Å². The number of benzene rings is 1. The highest BCUT2D eigenvalue weighted by Gasteiger charge is 2.42. The molecule has 178 valence electrons. The molecule has 4 aliphatic rings. The van der Waals surface area contributed by atoms with Crippen LogP contribution in [0.5, 0.6) is 11.5 Å².